The second-order valence-electron chi connectivity index (χ2n) is 9.25. The molecule has 1 amide bonds. The number of ether oxygens (including phenoxy) is 1. The summed E-state index contributed by atoms with van der Waals surface area (Å²) in [7, 11) is 0. The Bertz CT molecular complexity index is 1340. The number of piperidine rings is 1. The van der Waals surface area contributed by atoms with E-state index < -0.39 is 0 Å². The van der Waals surface area contributed by atoms with E-state index in [1.165, 1.54) is 22.7 Å². The van der Waals surface area contributed by atoms with Crippen LogP contribution in [0.2, 0.25) is 0 Å². The van der Waals surface area contributed by atoms with E-state index in [1.54, 1.807) is 0 Å². The number of aldehydes is 1. The molecule has 3 heterocycles. The summed E-state index contributed by atoms with van der Waals surface area (Å²) in [5.74, 6) is 0.0287. The molecule has 39 heavy (non-hydrogen) atoms. The minimum atomic E-state index is -0.232. The second-order valence-corrected chi connectivity index (χ2v) is 11.1. The summed E-state index contributed by atoms with van der Waals surface area (Å²) in [6.45, 7) is 2.75. The van der Waals surface area contributed by atoms with Crippen LogP contribution in [0.15, 0.2) is 60.7 Å². The Morgan fingerprint density at radius 3 is 2.44 bits per heavy atom. The third-order valence-corrected chi connectivity index (χ3v) is 8.16. The van der Waals surface area contributed by atoms with Crippen molar-refractivity contribution >= 4 is 50.3 Å². The molecule has 2 aromatic carbocycles. The van der Waals surface area contributed by atoms with Crippen LogP contribution in [0.1, 0.15) is 29.9 Å². The first-order valence-electron chi connectivity index (χ1n) is 12.8. The van der Waals surface area contributed by atoms with Gasteiger partial charge in [-0.2, -0.15) is 0 Å². The molecule has 1 aliphatic heterocycles. The Labute approximate surface area is 234 Å². The Kier molecular flexibility index (Phi) is 9.07. The van der Waals surface area contributed by atoms with Gasteiger partial charge in [-0.3, -0.25) is 4.79 Å². The van der Waals surface area contributed by atoms with Crippen molar-refractivity contribution in [1.29, 1.82) is 0 Å². The van der Waals surface area contributed by atoms with Crippen LogP contribution >= 0.6 is 22.7 Å². The minimum absolute atomic E-state index is 0.133. The summed E-state index contributed by atoms with van der Waals surface area (Å²) in [5.41, 5.74) is 1.92. The molecule has 0 spiro atoms. The topological polar surface area (TPSA) is 122 Å². The third kappa shape index (κ3) is 7.58. The second kappa shape index (κ2) is 13.3. The summed E-state index contributed by atoms with van der Waals surface area (Å²) in [6, 6.07) is 19.3. The van der Waals surface area contributed by atoms with Gasteiger partial charge in [-0.05, 0) is 41.2 Å². The molecule has 0 aliphatic carbocycles. The van der Waals surface area contributed by atoms with Gasteiger partial charge in [0.2, 0.25) is 21.3 Å². The van der Waals surface area contributed by atoms with E-state index in [-0.39, 0.29) is 18.2 Å². The largest absolute Gasteiger partial charge is 0.469 e. The van der Waals surface area contributed by atoms with Gasteiger partial charge in [-0.1, -0.05) is 77.1 Å². The summed E-state index contributed by atoms with van der Waals surface area (Å²) in [5, 5.41) is 25.2. The number of nitrogens with one attached hydrogen (secondary N) is 2. The fraction of sp³-hybridized carbons (Fsp3) is 0.333. The van der Waals surface area contributed by atoms with E-state index >= 15 is 0 Å². The number of aromatic nitrogens is 4. The maximum absolute atomic E-state index is 12.2. The molecular formula is C27H29N7O3S2. The first-order valence-corrected chi connectivity index (χ1v) is 14.4. The molecule has 202 valence electrons. The Morgan fingerprint density at radius 1 is 0.974 bits per heavy atom. The molecule has 0 bridgehead atoms. The number of amides is 1. The van der Waals surface area contributed by atoms with Crippen LogP contribution in [0.3, 0.4) is 0 Å². The van der Waals surface area contributed by atoms with E-state index in [4.69, 9.17) is 4.74 Å². The molecule has 1 saturated heterocycles. The quantitative estimate of drug-likeness (QED) is 0.243. The number of hydrogen-bond donors (Lipinski definition) is 2. The zero-order valence-electron chi connectivity index (χ0n) is 21.2. The van der Waals surface area contributed by atoms with Gasteiger partial charge in [-0.15, -0.1) is 15.3 Å². The third-order valence-electron chi connectivity index (χ3n) is 6.47. The lowest BCUT2D eigenvalue weighted by molar-refractivity contribution is -0.115. The van der Waals surface area contributed by atoms with Gasteiger partial charge in [0.25, 0.3) is 5.19 Å². The van der Waals surface area contributed by atoms with Crippen LogP contribution in [0.25, 0.3) is 0 Å². The fourth-order valence-electron chi connectivity index (χ4n) is 4.30. The summed E-state index contributed by atoms with van der Waals surface area (Å²) in [6.07, 6.45) is 3.17. The maximum Gasteiger partial charge on any atom is 0.295 e. The number of rotatable bonds is 12. The van der Waals surface area contributed by atoms with Crippen molar-refractivity contribution in [3.8, 4) is 5.19 Å². The minimum Gasteiger partial charge on any atom is -0.469 e. The molecule has 1 atom stereocenters. The molecule has 5 rings (SSSR count). The highest BCUT2D eigenvalue weighted by atomic mass is 32.1. The number of hydrogen-bond acceptors (Lipinski definition) is 11. The van der Waals surface area contributed by atoms with E-state index in [0.717, 1.165) is 48.5 Å². The number of benzene rings is 2. The summed E-state index contributed by atoms with van der Waals surface area (Å²) < 4.78 is 5.88. The van der Waals surface area contributed by atoms with Crippen LogP contribution in [0, 0.1) is 5.92 Å². The van der Waals surface area contributed by atoms with Crippen molar-refractivity contribution in [3.05, 3.63) is 71.8 Å². The van der Waals surface area contributed by atoms with E-state index in [9.17, 15) is 9.59 Å². The monoisotopic (exact) mass is 563 g/mol. The van der Waals surface area contributed by atoms with Crippen molar-refractivity contribution in [1.82, 2.24) is 20.4 Å². The van der Waals surface area contributed by atoms with Crippen molar-refractivity contribution in [2.45, 2.75) is 25.2 Å². The highest BCUT2D eigenvalue weighted by Crippen LogP contribution is 2.30. The van der Waals surface area contributed by atoms with Crippen LogP contribution in [-0.4, -0.2) is 58.8 Å². The molecule has 10 nitrogen and oxygen atoms in total. The van der Waals surface area contributed by atoms with Crippen LogP contribution in [0.5, 0.6) is 5.19 Å². The molecule has 0 radical (unpaired) electrons. The number of anilines is 3. The average Bonchev–Trinajstić information content (AvgIpc) is 3.63. The van der Waals surface area contributed by atoms with Crippen molar-refractivity contribution in [3.63, 3.8) is 0 Å². The lowest BCUT2D eigenvalue weighted by Crippen LogP contribution is -2.35. The molecule has 2 N–H and O–H groups in total. The first kappa shape index (κ1) is 26.7. The van der Waals surface area contributed by atoms with Crippen molar-refractivity contribution in [2.24, 2.45) is 5.92 Å². The van der Waals surface area contributed by atoms with E-state index in [1.807, 2.05) is 60.7 Å². The lowest BCUT2D eigenvalue weighted by Gasteiger charge is -2.30. The van der Waals surface area contributed by atoms with Crippen molar-refractivity contribution < 1.29 is 14.3 Å². The molecule has 1 fully saturated rings. The summed E-state index contributed by atoms with van der Waals surface area (Å²) >= 11 is 2.74. The molecule has 1 unspecified atom stereocenters. The lowest BCUT2D eigenvalue weighted by atomic mass is 9.98. The Morgan fingerprint density at radius 2 is 1.69 bits per heavy atom. The molecule has 1 aliphatic rings. The SMILES string of the molecule is O=CC(CNc1nnc(N2CCC(COc3nnc(NC(=O)Cc4ccccc4)s3)CC2)s1)c1ccccc1. The highest BCUT2D eigenvalue weighted by Gasteiger charge is 2.23. The van der Waals surface area contributed by atoms with Gasteiger partial charge in [0.15, 0.2) is 0 Å². The summed E-state index contributed by atoms with van der Waals surface area (Å²) in [4.78, 5) is 26.0. The Balaban J connectivity index is 1.03. The van der Waals surface area contributed by atoms with Gasteiger partial charge in [-0.25, -0.2) is 0 Å². The first-order chi connectivity index (χ1) is 19.2. The van der Waals surface area contributed by atoms with E-state index in [2.05, 4.69) is 35.9 Å². The van der Waals surface area contributed by atoms with Gasteiger partial charge in [0.1, 0.15) is 6.29 Å². The van der Waals surface area contributed by atoms with Crippen LogP contribution in [0.4, 0.5) is 15.4 Å². The predicted molar refractivity (Wildman–Crippen MR) is 153 cm³/mol. The zero-order chi connectivity index (χ0) is 26.9. The van der Waals surface area contributed by atoms with Crippen molar-refractivity contribution in [2.75, 3.05) is 41.8 Å². The molecular weight excluding hydrogens is 534 g/mol. The van der Waals surface area contributed by atoms with E-state index in [0.29, 0.717) is 34.5 Å². The number of carbonyl (C=O) groups excluding carboxylic acids is 2. The van der Waals surface area contributed by atoms with Gasteiger partial charge in [0.05, 0.1) is 18.9 Å². The van der Waals surface area contributed by atoms with Crippen LogP contribution in [-0.2, 0) is 16.0 Å². The van der Waals surface area contributed by atoms with Gasteiger partial charge >= 0.3 is 0 Å². The predicted octanol–water partition coefficient (Wildman–Crippen LogP) is 4.26. The molecule has 12 heteroatoms. The molecule has 2 aromatic heterocycles. The standard InChI is InChI=1S/C27H29N7O3S2/c35-17-22(21-9-5-2-6-10-21)16-28-24-30-32-26(38-24)34-13-11-20(12-14-34)18-37-27-33-31-25(39-27)29-23(36)15-19-7-3-1-4-8-19/h1-10,17,20,22H,11-16,18H2,(H,28,30)(H,29,31,36). The number of nitrogens with zero attached hydrogens (tertiary/aromatic N) is 5. The zero-order valence-corrected chi connectivity index (χ0v) is 22.9. The fourth-order valence-corrected chi connectivity index (χ4v) is 5.72. The number of carbonyl (C=O) groups is 2. The highest BCUT2D eigenvalue weighted by molar-refractivity contribution is 7.19. The average molecular weight is 564 g/mol. The maximum atomic E-state index is 12.2. The Hall–Kier alpha value is -3.90. The van der Waals surface area contributed by atoms with Gasteiger partial charge < -0.3 is 25.1 Å². The molecule has 4 aromatic rings. The molecule has 0 saturated carbocycles. The van der Waals surface area contributed by atoms with Gasteiger partial charge in [0, 0.05) is 19.6 Å². The van der Waals surface area contributed by atoms with Crippen LogP contribution < -0.4 is 20.3 Å². The normalized spacial score (nSPS) is 14.5. The smallest absolute Gasteiger partial charge is 0.295 e.